The number of nitrogens with zero attached hydrogens (tertiary/aromatic N) is 4. The van der Waals surface area contributed by atoms with E-state index in [2.05, 4.69) is 5.10 Å². The summed E-state index contributed by atoms with van der Waals surface area (Å²) in [6.45, 7) is 0.580. The van der Waals surface area contributed by atoms with Crippen molar-refractivity contribution in [2.75, 3.05) is 18.6 Å². The monoisotopic (exact) mass is 346 g/mol. The number of ether oxygens (including phenoxy) is 2. The number of carbonyl (C=O) groups is 1. The number of methoxy groups -OCH3 is 1. The predicted molar refractivity (Wildman–Crippen MR) is 88.9 cm³/mol. The Bertz CT molecular complexity index is 804. The van der Waals surface area contributed by atoms with Crippen LogP contribution in [0.2, 0.25) is 0 Å². The summed E-state index contributed by atoms with van der Waals surface area (Å²) in [5.74, 6) is 0.327. The molecule has 0 saturated carbocycles. The van der Waals surface area contributed by atoms with E-state index in [-0.39, 0.29) is 17.3 Å². The third kappa shape index (κ3) is 3.39. The van der Waals surface area contributed by atoms with Gasteiger partial charge in [-0.15, -0.1) is 0 Å². The highest BCUT2D eigenvalue weighted by atomic mass is 16.6. The number of aromatic nitrogens is 2. The van der Waals surface area contributed by atoms with Crippen LogP contribution in [0.3, 0.4) is 0 Å². The molecule has 9 heteroatoms. The number of rotatable bonds is 5. The molecule has 1 atom stereocenters. The van der Waals surface area contributed by atoms with Crippen molar-refractivity contribution in [1.82, 2.24) is 9.78 Å². The van der Waals surface area contributed by atoms with Crippen molar-refractivity contribution in [3.63, 3.8) is 0 Å². The van der Waals surface area contributed by atoms with Crippen molar-refractivity contribution >= 4 is 17.3 Å². The SMILES string of the molecule is COc1ccc([N+](=O)[O-])cc1O[C@@H]1CCCN(c2cnn(C)c2)C1=O. The smallest absolute Gasteiger partial charge is 0.273 e. The molecule has 132 valence electrons. The van der Waals surface area contributed by atoms with Crippen LogP contribution in [0.4, 0.5) is 11.4 Å². The predicted octanol–water partition coefficient (Wildman–Crippen LogP) is 1.91. The van der Waals surface area contributed by atoms with Gasteiger partial charge in [0.1, 0.15) is 0 Å². The highest BCUT2D eigenvalue weighted by Gasteiger charge is 2.32. The number of hydrogen-bond acceptors (Lipinski definition) is 6. The summed E-state index contributed by atoms with van der Waals surface area (Å²) in [6, 6.07) is 4.06. The minimum atomic E-state index is -0.732. The molecule has 1 aromatic carbocycles. The second kappa shape index (κ2) is 6.80. The number of aryl methyl sites for hydroxylation is 1. The van der Waals surface area contributed by atoms with E-state index in [1.807, 2.05) is 0 Å². The first-order valence-electron chi connectivity index (χ1n) is 7.78. The zero-order chi connectivity index (χ0) is 18.0. The van der Waals surface area contributed by atoms with Crippen LogP contribution in [0.15, 0.2) is 30.6 Å². The van der Waals surface area contributed by atoms with Crippen molar-refractivity contribution < 1.29 is 19.2 Å². The van der Waals surface area contributed by atoms with Gasteiger partial charge in [0.25, 0.3) is 11.6 Å². The number of piperidine rings is 1. The lowest BCUT2D eigenvalue weighted by atomic mass is 10.1. The Morgan fingerprint density at radius 3 is 2.80 bits per heavy atom. The summed E-state index contributed by atoms with van der Waals surface area (Å²) in [4.78, 5) is 24.8. The molecule has 2 heterocycles. The lowest BCUT2D eigenvalue weighted by Gasteiger charge is -2.31. The van der Waals surface area contributed by atoms with Crippen LogP contribution >= 0.6 is 0 Å². The summed E-state index contributed by atoms with van der Waals surface area (Å²) in [5, 5.41) is 15.1. The summed E-state index contributed by atoms with van der Waals surface area (Å²) in [5.41, 5.74) is 0.579. The lowest BCUT2D eigenvalue weighted by molar-refractivity contribution is -0.385. The molecule has 1 saturated heterocycles. The van der Waals surface area contributed by atoms with Crippen molar-refractivity contribution in [2.24, 2.45) is 7.05 Å². The average molecular weight is 346 g/mol. The molecule has 0 unspecified atom stereocenters. The van der Waals surface area contributed by atoms with Gasteiger partial charge in [0.15, 0.2) is 17.6 Å². The Kier molecular flexibility index (Phi) is 4.55. The topological polar surface area (TPSA) is 99.7 Å². The van der Waals surface area contributed by atoms with Gasteiger partial charge in [-0.2, -0.15) is 5.10 Å². The normalized spacial score (nSPS) is 17.4. The minimum Gasteiger partial charge on any atom is -0.493 e. The van der Waals surface area contributed by atoms with Crippen LogP contribution in [0.25, 0.3) is 0 Å². The fraction of sp³-hybridized carbons (Fsp3) is 0.375. The standard InChI is InChI=1S/C16H18N4O5/c1-18-10-12(9-17-18)19-7-3-4-14(16(19)21)25-15-8-11(20(22)23)5-6-13(15)24-2/h5-6,8-10,14H,3-4,7H2,1-2H3/t14-/m1/s1. The van der Waals surface area contributed by atoms with Gasteiger partial charge in [-0.05, 0) is 18.9 Å². The maximum atomic E-state index is 12.7. The van der Waals surface area contributed by atoms with Crippen molar-refractivity contribution in [3.8, 4) is 11.5 Å². The highest BCUT2D eigenvalue weighted by Crippen LogP contribution is 2.33. The summed E-state index contributed by atoms with van der Waals surface area (Å²) < 4.78 is 12.6. The van der Waals surface area contributed by atoms with Crippen LogP contribution in [-0.4, -0.2) is 40.4 Å². The van der Waals surface area contributed by atoms with E-state index in [0.29, 0.717) is 24.4 Å². The molecule has 25 heavy (non-hydrogen) atoms. The number of amides is 1. The lowest BCUT2D eigenvalue weighted by Crippen LogP contribution is -2.46. The van der Waals surface area contributed by atoms with Gasteiger partial charge in [-0.1, -0.05) is 0 Å². The summed E-state index contributed by atoms with van der Waals surface area (Å²) >= 11 is 0. The third-order valence-electron chi connectivity index (χ3n) is 4.02. The van der Waals surface area contributed by atoms with Crippen LogP contribution in [0.5, 0.6) is 11.5 Å². The molecule has 2 aromatic rings. The zero-order valence-corrected chi connectivity index (χ0v) is 13.9. The Balaban J connectivity index is 1.83. The van der Waals surface area contributed by atoms with Gasteiger partial charge in [0.05, 0.1) is 30.0 Å². The van der Waals surface area contributed by atoms with Crippen LogP contribution in [0, 0.1) is 10.1 Å². The molecular weight excluding hydrogens is 328 g/mol. The molecule has 1 aliphatic heterocycles. The van der Waals surface area contributed by atoms with E-state index in [9.17, 15) is 14.9 Å². The minimum absolute atomic E-state index is 0.122. The number of non-ortho nitro benzene ring substituents is 1. The molecule has 0 N–H and O–H groups in total. The largest absolute Gasteiger partial charge is 0.493 e. The van der Waals surface area contributed by atoms with E-state index in [4.69, 9.17) is 9.47 Å². The van der Waals surface area contributed by atoms with Crippen molar-refractivity contribution in [1.29, 1.82) is 0 Å². The van der Waals surface area contributed by atoms with E-state index in [1.54, 1.807) is 29.0 Å². The van der Waals surface area contributed by atoms with Gasteiger partial charge in [0.2, 0.25) is 0 Å². The third-order valence-corrected chi connectivity index (χ3v) is 4.02. The van der Waals surface area contributed by atoms with Gasteiger partial charge < -0.3 is 14.4 Å². The average Bonchev–Trinajstić information content (AvgIpc) is 3.02. The van der Waals surface area contributed by atoms with E-state index in [0.717, 1.165) is 6.42 Å². The van der Waals surface area contributed by atoms with Gasteiger partial charge in [-0.25, -0.2) is 0 Å². The molecule has 1 amide bonds. The summed E-state index contributed by atoms with van der Waals surface area (Å²) in [7, 11) is 3.22. The highest BCUT2D eigenvalue weighted by molar-refractivity contribution is 5.97. The fourth-order valence-electron chi connectivity index (χ4n) is 2.78. The number of anilines is 1. The van der Waals surface area contributed by atoms with Crippen molar-refractivity contribution in [3.05, 3.63) is 40.7 Å². The van der Waals surface area contributed by atoms with Crippen LogP contribution < -0.4 is 14.4 Å². The quantitative estimate of drug-likeness (QED) is 0.606. The van der Waals surface area contributed by atoms with Gasteiger partial charge in [0, 0.05) is 25.9 Å². The fourth-order valence-corrected chi connectivity index (χ4v) is 2.78. The van der Waals surface area contributed by atoms with E-state index < -0.39 is 11.0 Å². The van der Waals surface area contributed by atoms with E-state index >= 15 is 0 Å². The molecule has 0 aliphatic carbocycles. The van der Waals surface area contributed by atoms with Crippen LogP contribution in [0.1, 0.15) is 12.8 Å². The van der Waals surface area contributed by atoms with Gasteiger partial charge >= 0.3 is 0 Å². The maximum Gasteiger partial charge on any atom is 0.273 e. The first-order chi connectivity index (χ1) is 12.0. The number of carbonyl (C=O) groups excluding carboxylic acids is 1. The number of hydrogen-bond donors (Lipinski definition) is 0. The molecule has 0 bridgehead atoms. The number of nitro benzene ring substituents is 1. The summed E-state index contributed by atoms with van der Waals surface area (Å²) in [6.07, 6.45) is 3.93. The molecule has 3 rings (SSSR count). The molecule has 1 aromatic heterocycles. The van der Waals surface area contributed by atoms with Crippen molar-refractivity contribution in [2.45, 2.75) is 18.9 Å². The first-order valence-corrected chi connectivity index (χ1v) is 7.78. The van der Waals surface area contributed by atoms with Crippen LogP contribution in [-0.2, 0) is 11.8 Å². The molecule has 1 aliphatic rings. The molecular formula is C16H18N4O5. The Morgan fingerprint density at radius 2 is 2.16 bits per heavy atom. The van der Waals surface area contributed by atoms with E-state index in [1.165, 1.54) is 25.3 Å². The molecule has 1 fully saturated rings. The molecule has 0 radical (unpaired) electrons. The second-order valence-corrected chi connectivity index (χ2v) is 5.70. The Labute approximate surface area is 143 Å². The maximum absolute atomic E-state index is 12.7. The Morgan fingerprint density at radius 1 is 1.36 bits per heavy atom. The number of benzene rings is 1. The first kappa shape index (κ1) is 16.7. The number of nitro groups is 1. The van der Waals surface area contributed by atoms with Gasteiger partial charge in [-0.3, -0.25) is 19.6 Å². The molecule has 0 spiro atoms. The molecule has 9 nitrogen and oxygen atoms in total. The zero-order valence-electron chi connectivity index (χ0n) is 13.9. The second-order valence-electron chi connectivity index (χ2n) is 5.70. The Hall–Kier alpha value is -3.10.